The van der Waals surface area contributed by atoms with Crippen molar-refractivity contribution in [2.24, 2.45) is 0 Å². The van der Waals surface area contributed by atoms with E-state index in [0.29, 0.717) is 6.04 Å². The second kappa shape index (κ2) is 9.67. The molecule has 0 aromatic rings. The SMILES string of the molecule is C=[N+](C)C(CC)CC.CCC. The van der Waals surface area contributed by atoms with Crippen molar-refractivity contribution in [3.05, 3.63) is 0 Å². The normalized spacial score (nSPS) is 8.91. The van der Waals surface area contributed by atoms with E-state index in [1.807, 2.05) is 11.6 Å². The van der Waals surface area contributed by atoms with Crippen molar-refractivity contribution >= 4 is 6.72 Å². The molecule has 68 valence electrons. The lowest BCUT2D eigenvalue weighted by molar-refractivity contribution is -0.530. The molecule has 0 bridgehead atoms. The molecule has 0 N–H and O–H groups in total. The van der Waals surface area contributed by atoms with Crippen LogP contribution in [0.1, 0.15) is 47.0 Å². The molecule has 0 atom stereocenters. The summed E-state index contributed by atoms with van der Waals surface area (Å²) < 4.78 is 2.03. The minimum atomic E-state index is 0.676. The van der Waals surface area contributed by atoms with Crippen LogP contribution in [0.15, 0.2) is 0 Å². The summed E-state index contributed by atoms with van der Waals surface area (Å²) in [5.41, 5.74) is 0. The van der Waals surface area contributed by atoms with Gasteiger partial charge in [0.15, 0.2) is 6.04 Å². The predicted octanol–water partition coefficient (Wildman–Crippen LogP) is 2.93. The Morgan fingerprint density at radius 3 is 1.36 bits per heavy atom. The predicted molar refractivity (Wildman–Crippen MR) is 53.6 cm³/mol. The van der Waals surface area contributed by atoms with E-state index in [-0.39, 0.29) is 0 Å². The fraction of sp³-hybridized carbons (Fsp3) is 0.900. The van der Waals surface area contributed by atoms with Crippen molar-refractivity contribution in [3.8, 4) is 0 Å². The Morgan fingerprint density at radius 2 is 1.36 bits per heavy atom. The van der Waals surface area contributed by atoms with Gasteiger partial charge >= 0.3 is 0 Å². The van der Waals surface area contributed by atoms with Crippen molar-refractivity contribution < 1.29 is 4.58 Å². The number of hydrogen-bond acceptors (Lipinski definition) is 0. The van der Waals surface area contributed by atoms with E-state index in [0.717, 1.165) is 0 Å². The summed E-state index contributed by atoms with van der Waals surface area (Å²) in [5, 5.41) is 0. The Hall–Kier alpha value is -0.330. The monoisotopic (exact) mass is 158 g/mol. The lowest BCUT2D eigenvalue weighted by Gasteiger charge is -2.04. The quantitative estimate of drug-likeness (QED) is 0.439. The third-order valence-corrected chi connectivity index (χ3v) is 1.57. The average molecular weight is 158 g/mol. The Bertz CT molecular complexity index is 82.9. The summed E-state index contributed by atoms with van der Waals surface area (Å²) in [6.45, 7) is 12.4. The van der Waals surface area contributed by atoms with Gasteiger partial charge < -0.3 is 0 Å². The van der Waals surface area contributed by atoms with Gasteiger partial charge in [-0.3, -0.25) is 0 Å². The van der Waals surface area contributed by atoms with Crippen molar-refractivity contribution in [1.29, 1.82) is 0 Å². The molecule has 0 aliphatic heterocycles. The van der Waals surface area contributed by atoms with Gasteiger partial charge in [0, 0.05) is 12.8 Å². The Kier molecular flexibility index (Phi) is 11.7. The molecule has 0 radical (unpaired) electrons. The van der Waals surface area contributed by atoms with Crippen LogP contribution in [0.4, 0.5) is 0 Å². The molecule has 0 saturated heterocycles. The highest BCUT2D eigenvalue weighted by Crippen LogP contribution is 1.97. The number of rotatable bonds is 3. The maximum atomic E-state index is 3.81. The van der Waals surface area contributed by atoms with Crippen LogP contribution in [0.2, 0.25) is 0 Å². The van der Waals surface area contributed by atoms with Gasteiger partial charge in [-0.2, -0.15) is 0 Å². The zero-order valence-corrected chi connectivity index (χ0v) is 8.85. The molecule has 0 saturated carbocycles. The number of hydrogen-bond donors (Lipinski definition) is 0. The first-order chi connectivity index (χ1) is 5.13. The summed E-state index contributed by atoms with van der Waals surface area (Å²) >= 11 is 0. The van der Waals surface area contributed by atoms with Gasteiger partial charge in [-0.25, -0.2) is 4.58 Å². The number of nitrogens with zero attached hydrogens (tertiary/aromatic N) is 1. The van der Waals surface area contributed by atoms with Crippen molar-refractivity contribution in [1.82, 2.24) is 0 Å². The topological polar surface area (TPSA) is 3.01 Å². The first-order valence-electron chi connectivity index (χ1n) is 4.67. The summed E-state index contributed by atoms with van der Waals surface area (Å²) in [6, 6.07) is 0.676. The van der Waals surface area contributed by atoms with Gasteiger partial charge in [0.25, 0.3) is 0 Å². The molecule has 11 heavy (non-hydrogen) atoms. The molecule has 0 fully saturated rings. The van der Waals surface area contributed by atoms with Crippen LogP contribution in [0, 0.1) is 0 Å². The van der Waals surface area contributed by atoms with Gasteiger partial charge in [-0.05, 0) is 0 Å². The minimum absolute atomic E-state index is 0.676. The van der Waals surface area contributed by atoms with Crippen LogP contribution in [0.5, 0.6) is 0 Å². The van der Waals surface area contributed by atoms with Crippen LogP contribution < -0.4 is 0 Å². The van der Waals surface area contributed by atoms with Crippen LogP contribution in [-0.2, 0) is 0 Å². The molecule has 1 nitrogen and oxygen atoms in total. The lowest BCUT2D eigenvalue weighted by Crippen LogP contribution is -2.18. The van der Waals surface area contributed by atoms with E-state index in [4.69, 9.17) is 0 Å². The van der Waals surface area contributed by atoms with Crippen LogP contribution in [0.25, 0.3) is 0 Å². The fourth-order valence-electron chi connectivity index (χ4n) is 0.912. The highest BCUT2D eigenvalue weighted by molar-refractivity contribution is 5.14. The molecular weight excluding hydrogens is 134 g/mol. The maximum absolute atomic E-state index is 3.81. The van der Waals surface area contributed by atoms with Gasteiger partial charge in [0.1, 0.15) is 13.8 Å². The zero-order valence-electron chi connectivity index (χ0n) is 8.85. The second-order valence-electron chi connectivity index (χ2n) is 2.93. The van der Waals surface area contributed by atoms with E-state index in [9.17, 15) is 0 Å². The summed E-state index contributed by atoms with van der Waals surface area (Å²) in [4.78, 5) is 0. The smallest absolute Gasteiger partial charge is 0.151 e. The minimum Gasteiger partial charge on any atom is -0.242 e. The van der Waals surface area contributed by atoms with Crippen molar-refractivity contribution in [2.45, 2.75) is 53.0 Å². The van der Waals surface area contributed by atoms with Crippen LogP contribution in [-0.4, -0.2) is 24.4 Å². The summed E-state index contributed by atoms with van der Waals surface area (Å²) in [5.74, 6) is 0. The van der Waals surface area contributed by atoms with Gasteiger partial charge in [0.2, 0.25) is 0 Å². The van der Waals surface area contributed by atoms with Gasteiger partial charge in [0.05, 0.1) is 0 Å². The molecule has 0 spiro atoms. The van der Waals surface area contributed by atoms with E-state index < -0.39 is 0 Å². The standard InChI is InChI=1S/C7H16N.C3H8/c1-5-7(6-2)8(3)4;1-3-2/h7H,3,5-6H2,1-2,4H3;3H2,1-2H3/q+1;. The van der Waals surface area contributed by atoms with E-state index >= 15 is 0 Å². The largest absolute Gasteiger partial charge is 0.242 e. The molecule has 0 aliphatic carbocycles. The zero-order chi connectivity index (χ0) is 9.28. The Balaban J connectivity index is 0. The molecule has 0 aliphatic rings. The first-order valence-corrected chi connectivity index (χ1v) is 4.67. The third-order valence-electron chi connectivity index (χ3n) is 1.57. The Labute approximate surface area is 72.1 Å². The second-order valence-corrected chi connectivity index (χ2v) is 2.93. The summed E-state index contributed by atoms with van der Waals surface area (Å²) in [6.07, 6.45) is 3.66. The molecule has 0 aromatic heterocycles. The van der Waals surface area contributed by atoms with Crippen LogP contribution in [0.3, 0.4) is 0 Å². The highest BCUT2D eigenvalue weighted by Gasteiger charge is 2.07. The van der Waals surface area contributed by atoms with E-state index in [2.05, 4.69) is 34.4 Å². The van der Waals surface area contributed by atoms with Gasteiger partial charge in [-0.1, -0.05) is 34.1 Å². The lowest BCUT2D eigenvalue weighted by atomic mass is 10.2. The fourth-order valence-corrected chi connectivity index (χ4v) is 0.912. The maximum Gasteiger partial charge on any atom is 0.151 e. The van der Waals surface area contributed by atoms with Crippen molar-refractivity contribution in [3.63, 3.8) is 0 Å². The molecule has 0 rings (SSSR count). The van der Waals surface area contributed by atoms with Gasteiger partial charge in [-0.15, -0.1) is 0 Å². The summed E-state index contributed by atoms with van der Waals surface area (Å²) in [7, 11) is 2.03. The molecule has 0 unspecified atom stereocenters. The van der Waals surface area contributed by atoms with Crippen LogP contribution >= 0.6 is 0 Å². The molecule has 0 aromatic carbocycles. The van der Waals surface area contributed by atoms with E-state index in [1.54, 1.807) is 0 Å². The highest BCUT2D eigenvalue weighted by atomic mass is 15.0. The third kappa shape index (κ3) is 9.67. The first kappa shape index (κ1) is 13.3. The molecule has 1 heteroatoms. The molecule has 0 heterocycles. The molecule has 0 amide bonds. The molecular formula is C10H24N+. The average Bonchev–Trinajstić information content (AvgIpc) is 1.91. The van der Waals surface area contributed by atoms with Crippen molar-refractivity contribution in [2.75, 3.05) is 7.05 Å². The Morgan fingerprint density at radius 1 is 1.09 bits per heavy atom. The van der Waals surface area contributed by atoms with E-state index in [1.165, 1.54) is 19.3 Å².